The Bertz CT molecular complexity index is 852. The van der Waals surface area contributed by atoms with Gasteiger partial charge in [0.2, 0.25) is 10.0 Å². The summed E-state index contributed by atoms with van der Waals surface area (Å²) in [5.74, 6) is 0.763. The summed E-state index contributed by atoms with van der Waals surface area (Å²) < 4.78 is 38.7. The first-order valence-electron chi connectivity index (χ1n) is 8.70. The minimum atomic E-state index is -3.65. The average Bonchev–Trinajstić information content (AvgIpc) is 2.69. The normalized spacial score (nSPS) is 16.8. The van der Waals surface area contributed by atoms with Gasteiger partial charge in [0.1, 0.15) is 5.75 Å². The summed E-state index contributed by atoms with van der Waals surface area (Å²) in [4.78, 5) is 2.39. The highest BCUT2D eigenvalue weighted by Crippen LogP contribution is 2.24. The molecule has 1 atom stereocenters. The molecule has 27 heavy (non-hydrogen) atoms. The second kappa shape index (κ2) is 9.03. The minimum Gasteiger partial charge on any atom is -0.497 e. The van der Waals surface area contributed by atoms with Crippen LogP contribution in [0.4, 0.5) is 0 Å². The third-order valence-electron chi connectivity index (χ3n) is 4.56. The summed E-state index contributed by atoms with van der Waals surface area (Å²) in [5, 5.41) is 0.387. The quantitative estimate of drug-likeness (QED) is 0.760. The number of benzene rings is 2. The zero-order chi connectivity index (χ0) is 19.3. The van der Waals surface area contributed by atoms with Crippen molar-refractivity contribution in [2.75, 3.05) is 40.0 Å². The molecule has 1 fully saturated rings. The fourth-order valence-corrected chi connectivity index (χ4v) is 4.42. The van der Waals surface area contributed by atoms with E-state index in [0.717, 1.165) is 24.4 Å². The minimum absolute atomic E-state index is 0.103. The van der Waals surface area contributed by atoms with Crippen molar-refractivity contribution in [1.29, 1.82) is 0 Å². The SMILES string of the molecule is COc1ccc(C(CNS(=O)(=O)c2cccc(Cl)c2)N2CCOCC2)cc1. The van der Waals surface area contributed by atoms with Crippen LogP contribution in [0.1, 0.15) is 11.6 Å². The largest absolute Gasteiger partial charge is 0.497 e. The molecule has 1 heterocycles. The first-order chi connectivity index (χ1) is 13.0. The van der Waals surface area contributed by atoms with E-state index in [2.05, 4.69) is 9.62 Å². The number of sulfonamides is 1. The summed E-state index contributed by atoms with van der Waals surface area (Å²) in [6, 6.07) is 13.8. The van der Waals surface area contributed by atoms with Crippen molar-refractivity contribution in [3.05, 3.63) is 59.1 Å². The highest BCUT2D eigenvalue weighted by atomic mass is 35.5. The van der Waals surface area contributed by atoms with Crippen molar-refractivity contribution in [3.8, 4) is 5.75 Å². The molecular formula is C19H23ClN2O4S. The number of morpholine rings is 1. The summed E-state index contributed by atoms with van der Waals surface area (Å²) >= 11 is 5.93. The van der Waals surface area contributed by atoms with Gasteiger partial charge in [0.05, 0.1) is 25.2 Å². The van der Waals surface area contributed by atoms with Crippen molar-refractivity contribution >= 4 is 21.6 Å². The van der Waals surface area contributed by atoms with Gasteiger partial charge >= 0.3 is 0 Å². The van der Waals surface area contributed by atoms with E-state index >= 15 is 0 Å². The molecule has 1 aliphatic heterocycles. The molecule has 0 aliphatic carbocycles. The lowest BCUT2D eigenvalue weighted by atomic mass is 10.0. The Morgan fingerprint density at radius 1 is 1.19 bits per heavy atom. The molecule has 0 bridgehead atoms. The number of nitrogens with zero attached hydrogens (tertiary/aromatic N) is 1. The maximum atomic E-state index is 12.7. The lowest BCUT2D eigenvalue weighted by Gasteiger charge is -2.35. The first kappa shape index (κ1) is 20.1. The number of hydrogen-bond donors (Lipinski definition) is 1. The van der Waals surface area contributed by atoms with E-state index in [9.17, 15) is 8.42 Å². The van der Waals surface area contributed by atoms with E-state index in [0.29, 0.717) is 18.2 Å². The van der Waals surface area contributed by atoms with Crippen LogP contribution >= 0.6 is 11.6 Å². The van der Waals surface area contributed by atoms with Crippen molar-refractivity contribution in [3.63, 3.8) is 0 Å². The van der Waals surface area contributed by atoms with E-state index in [1.807, 2.05) is 24.3 Å². The Kier molecular flexibility index (Phi) is 6.73. The lowest BCUT2D eigenvalue weighted by Crippen LogP contribution is -2.43. The topological polar surface area (TPSA) is 67.9 Å². The molecular weight excluding hydrogens is 388 g/mol. The fraction of sp³-hybridized carbons (Fsp3) is 0.368. The van der Waals surface area contributed by atoms with Crippen LogP contribution in [0.2, 0.25) is 5.02 Å². The summed E-state index contributed by atoms with van der Waals surface area (Å²) in [6.45, 7) is 3.01. The Hall–Kier alpha value is -1.64. The average molecular weight is 411 g/mol. The molecule has 6 nitrogen and oxygen atoms in total. The smallest absolute Gasteiger partial charge is 0.240 e. The first-order valence-corrected chi connectivity index (χ1v) is 10.6. The molecule has 1 aliphatic rings. The van der Waals surface area contributed by atoms with Crippen LogP contribution in [-0.4, -0.2) is 53.3 Å². The molecule has 0 spiro atoms. The van der Waals surface area contributed by atoms with Crippen molar-refractivity contribution in [1.82, 2.24) is 9.62 Å². The fourth-order valence-electron chi connectivity index (χ4n) is 3.08. The van der Waals surface area contributed by atoms with Crippen LogP contribution in [0, 0.1) is 0 Å². The van der Waals surface area contributed by atoms with Gasteiger partial charge in [0.15, 0.2) is 0 Å². The standard InChI is InChI=1S/C19H23ClN2O4S/c1-25-17-7-5-15(6-8-17)19(22-9-11-26-12-10-22)14-21-27(23,24)18-4-2-3-16(20)13-18/h2-8,13,19,21H,9-12,14H2,1H3. The molecule has 0 amide bonds. The zero-order valence-corrected chi connectivity index (χ0v) is 16.7. The molecule has 3 rings (SSSR count). The number of ether oxygens (including phenoxy) is 2. The number of rotatable bonds is 7. The van der Waals surface area contributed by atoms with Crippen LogP contribution in [0.25, 0.3) is 0 Å². The molecule has 1 saturated heterocycles. The van der Waals surface area contributed by atoms with Gasteiger partial charge in [0, 0.05) is 30.7 Å². The van der Waals surface area contributed by atoms with Gasteiger partial charge in [-0.1, -0.05) is 29.8 Å². The third kappa shape index (κ3) is 5.21. The van der Waals surface area contributed by atoms with Gasteiger partial charge in [-0.2, -0.15) is 0 Å². The lowest BCUT2D eigenvalue weighted by molar-refractivity contribution is 0.0172. The van der Waals surface area contributed by atoms with Gasteiger partial charge in [-0.15, -0.1) is 0 Å². The summed E-state index contributed by atoms with van der Waals surface area (Å²) in [6.07, 6.45) is 0. The number of methoxy groups -OCH3 is 1. The second-order valence-electron chi connectivity index (χ2n) is 6.25. The summed E-state index contributed by atoms with van der Waals surface area (Å²) in [5.41, 5.74) is 1.02. The van der Waals surface area contributed by atoms with E-state index in [4.69, 9.17) is 21.1 Å². The van der Waals surface area contributed by atoms with Gasteiger partial charge in [-0.05, 0) is 35.9 Å². The van der Waals surface area contributed by atoms with Crippen molar-refractivity contribution in [2.24, 2.45) is 0 Å². The van der Waals surface area contributed by atoms with Crippen LogP contribution in [-0.2, 0) is 14.8 Å². The predicted octanol–water partition coefficient (Wildman–Crippen LogP) is 2.70. The van der Waals surface area contributed by atoms with Gasteiger partial charge < -0.3 is 9.47 Å². The van der Waals surface area contributed by atoms with E-state index < -0.39 is 10.0 Å². The Morgan fingerprint density at radius 2 is 1.89 bits per heavy atom. The number of hydrogen-bond acceptors (Lipinski definition) is 5. The highest BCUT2D eigenvalue weighted by molar-refractivity contribution is 7.89. The van der Waals surface area contributed by atoms with Gasteiger partial charge in [0.25, 0.3) is 0 Å². The van der Waals surface area contributed by atoms with E-state index in [-0.39, 0.29) is 17.5 Å². The third-order valence-corrected chi connectivity index (χ3v) is 6.22. The molecule has 1 unspecified atom stereocenters. The molecule has 146 valence electrons. The maximum Gasteiger partial charge on any atom is 0.240 e. The number of nitrogens with one attached hydrogen (secondary N) is 1. The van der Waals surface area contributed by atoms with Crippen LogP contribution in [0.3, 0.4) is 0 Å². The van der Waals surface area contributed by atoms with Crippen LogP contribution < -0.4 is 9.46 Å². The molecule has 0 aromatic heterocycles. The molecule has 0 radical (unpaired) electrons. The maximum absolute atomic E-state index is 12.7. The molecule has 0 saturated carbocycles. The van der Waals surface area contributed by atoms with Gasteiger partial charge in [-0.25, -0.2) is 13.1 Å². The van der Waals surface area contributed by atoms with Crippen molar-refractivity contribution < 1.29 is 17.9 Å². The monoisotopic (exact) mass is 410 g/mol. The predicted molar refractivity (Wildman–Crippen MR) is 105 cm³/mol. The van der Waals surface area contributed by atoms with E-state index in [1.54, 1.807) is 19.2 Å². The summed E-state index contributed by atoms with van der Waals surface area (Å²) in [7, 11) is -2.04. The Labute approximate surface area is 165 Å². The molecule has 1 N–H and O–H groups in total. The second-order valence-corrected chi connectivity index (χ2v) is 8.45. The van der Waals surface area contributed by atoms with Crippen LogP contribution in [0.15, 0.2) is 53.4 Å². The molecule has 8 heteroatoms. The van der Waals surface area contributed by atoms with E-state index in [1.165, 1.54) is 12.1 Å². The zero-order valence-electron chi connectivity index (χ0n) is 15.1. The molecule has 2 aromatic carbocycles. The molecule has 2 aromatic rings. The number of halogens is 1. The van der Waals surface area contributed by atoms with Crippen molar-refractivity contribution in [2.45, 2.75) is 10.9 Å². The Morgan fingerprint density at radius 3 is 2.52 bits per heavy atom. The Balaban J connectivity index is 1.80. The van der Waals surface area contributed by atoms with Crippen LogP contribution in [0.5, 0.6) is 5.75 Å². The van der Waals surface area contributed by atoms with Gasteiger partial charge in [-0.3, -0.25) is 4.90 Å². The highest BCUT2D eigenvalue weighted by Gasteiger charge is 2.25.